The number of nitrogen functional groups attached to an aromatic ring is 1. The van der Waals surface area contributed by atoms with Crippen molar-refractivity contribution in [2.75, 3.05) is 55.4 Å². The lowest BCUT2D eigenvalue weighted by atomic mass is 10.0. The zero-order chi connectivity index (χ0) is 26.5. The zero-order valence-electron chi connectivity index (χ0n) is 22.6. The molecule has 7 rings (SSSR count). The molecule has 4 aliphatic heterocycles. The molecule has 0 aliphatic carbocycles. The molecular weight excluding hydrogens is 488 g/mol. The van der Waals surface area contributed by atoms with Crippen LogP contribution >= 0.6 is 0 Å². The number of nitrogens with zero attached hydrogens (tertiary/aromatic N) is 6. The Morgan fingerprint density at radius 1 is 1.10 bits per heavy atom. The number of anilines is 3. The lowest BCUT2D eigenvalue weighted by molar-refractivity contribution is 0.187. The van der Waals surface area contributed by atoms with E-state index in [1.165, 1.54) is 24.8 Å². The van der Waals surface area contributed by atoms with Crippen LogP contribution in [-0.2, 0) is 13.0 Å². The first-order chi connectivity index (χ1) is 19.1. The van der Waals surface area contributed by atoms with Gasteiger partial charge in [0.25, 0.3) is 0 Å². The van der Waals surface area contributed by atoms with Crippen LogP contribution in [0.4, 0.5) is 17.3 Å². The molecule has 2 unspecified atom stereocenters. The summed E-state index contributed by atoms with van der Waals surface area (Å²) in [7, 11) is 2.17. The van der Waals surface area contributed by atoms with E-state index in [0.29, 0.717) is 43.1 Å². The Labute approximate surface area is 229 Å². The first-order valence-corrected chi connectivity index (χ1v) is 14.2. The van der Waals surface area contributed by atoms with Gasteiger partial charge >= 0.3 is 6.01 Å². The SMILES string of the molecule is C#Cc1cccc2nc(N)cc(N3CCc4c(nc(OC[C@@H]5CCCN5C)nc4N4CC5CCC(C4)N5)C3)c12. The Balaban J connectivity index is 1.25. The fourth-order valence-corrected chi connectivity index (χ4v) is 6.91. The van der Waals surface area contributed by atoms with Crippen molar-refractivity contribution in [2.45, 2.75) is 56.8 Å². The summed E-state index contributed by atoms with van der Waals surface area (Å²) in [5.41, 5.74) is 11.2. The van der Waals surface area contributed by atoms with Crippen molar-refractivity contribution >= 4 is 28.2 Å². The normalized spacial score (nSPS) is 24.7. The van der Waals surface area contributed by atoms with Crippen molar-refractivity contribution in [1.29, 1.82) is 0 Å². The molecule has 1 aromatic carbocycles. The molecule has 2 aromatic heterocycles. The van der Waals surface area contributed by atoms with Crippen molar-refractivity contribution in [3.05, 3.63) is 41.1 Å². The number of nitrogens with one attached hydrogen (secondary N) is 1. The van der Waals surface area contributed by atoms with Crippen LogP contribution in [0.1, 0.15) is 42.5 Å². The van der Waals surface area contributed by atoms with Gasteiger partial charge in [-0.2, -0.15) is 9.97 Å². The zero-order valence-corrected chi connectivity index (χ0v) is 22.6. The molecule has 0 saturated carbocycles. The smallest absolute Gasteiger partial charge is 0.318 e. The van der Waals surface area contributed by atoms with Crippen LogP contribution in [0, 0.1) is 12.3 Å². The summed E-state index contributed by atoms with van der Waals surface area (Å²) in [4.78, 5) is 21.8. The van der Waals surface area contributed by atoms with Gasteiger partial charge in [-0.3, -0.25) is 0 Å². The highest BCUT2D eigenvalue weighted by Gasteiger charge is 2.35. The third kappa shape index (κ3) is 4.52. The summed E-state index contributed by atoms with van der Waals surface area (Å²) in [5, 5.41) is 4.71. The van der Waals surface area contributed by atoms with Crippen LogP contribution in [0.15, 0.2) is 24.3 Å². The third-order valence-corrected chi connectivity index (χ3v) is 8.94. The van der Waals surface area contributed by atoms with E-state index >= 15 is 0 Å². The molecule has 3 aromatic rings. The quantitative estimate of drug-likeness (QED) is 0.488. The monoisotopic (exact) mass is 524 g/mol. The molecular formula is C30H36N8O. The Bertz CT molecular complexity index is 1440. The highest BCUT2D eigenvalue weighted by molar-refractivity contribution is 5.98. The Hall–Kier alpha value is -3.61. The van der Waals surface area contributed by atoms with Crippen molar-refractivity contribution in [3.63, 3.8) is 0 Å². The number of aromatic nitrogens is 3. The number of likely N-dealkylation sites (tertiary alicyclic amines) is 1. The molecule has 4 aliphatic rings. The number of benzene rings is 1. The van der Waals surface area contributed by atoms with Crippen LogP contribution in [0.5, 0.6) is 6.01 Å². The van der Waals surface area contributed by atoms with Gasteiger partial charge in [-0.1, -0.05) is 12.0 Å². The van der Waals surface area contributed by atoms with Gasteiger partial charge in [-0.25, -0.2) is 4.98 Å². The topological polar surface area (TPSA) is 95.7 Å². The summed E-state index contributed by atoms with van der Waals surface area (Å²) in [6.45, 7) is 5.15. The average molecular weight is 525 g/mol. The largest absolute Gasteiger partial charge is 0.462 e. The number of rotatable bonds is 5. The molecule has 9 nitrogen and oxygen atoms in total. The standard InChI is InChI=1S/C30H36N8O/c1-3-19-6-4-8-24-28(19)26(14-27(31)33-24)37-13-11-23-25(17-37)34-30(39-18-22-7-5-12-36(22)2)35-29(23)38-15-20-9-10-21(16-38)32-20/h1,4,6,8,14,20-22,32H,5,7,9-13,15-18H2,2H3,(H2,31,33)/t20?,21?,22-/m0/s1. The van der Waals surface area contributed by atoms with Gasteiger partial charge in [0.1, 0.15) is 18.2 Å². The molecule has 2 bridgehead atoms. The predicted octanol–water partition coefficient (Wildman–Crippen LogP) is 2.56. The van der Waals surface area contributed by atoms with Gasteiger partial charge < -0.3 is 30.5 Å². The maximum atomic E-state index is 6.31. The number of likely N-dealkylation sites (N-methyl/N-ethyl adjacent to an activating group) is 1. The molecule has 39 heavy (non-hydrogen) atoms. The predicted molar refractivity (Wildman–Crippen MR) is 154 cm³/mol. The van der Waals surface area contributed by atoms with Crippen LogP contribution < -0.4 is 25.6 Å². The second-order valence-electron chi connectivity index (χ2n) is 11.5. The molecule has 3 atom stereocenters. The molecule has 3 fully saturated rings. The first-order valence-electron chi connectivity index (χ1n) is 14.2. The lowest BCUT2D eigenvalue weighted by Gasteiger charge is -2.37. The second kappa shape index (κ2) is 9.85. The number of hydrogen-bond donors (Lipinski definition) is 2. The molecule has 3 saturated heterocycles. The summed E-state index contributed by atoms with van der Waals surface area (Å²) in [5.74, 6) is 4.38. The van der Waals surface area contributed by atoms with E-state index in [4.69, 9.17) is 26.9 Å². The molecule has 202 valence electrons. The van der Waals surface area contributed by atoms with Crippen LogP contribution in [0.2, 0.25) is 0 Å². The maximum absolute atomic E-state index is 6.31. The number of terminal acetylenes is 1. The van der Waals surface area contributed by atoms with Crippen molar-refractivity contribution in [3.8, 4) is 18.4 Å². The van der Waals surface area contributed by atoms with Gasteiger partial charge in [0.05, 0.1) is 23.4 Å². The summed E-state index contributed by atoms with van der Waals surface area (Å²) in [6, 6.07) is 9.76. The molecule has 6 heterocycles. The Kier molecular flexibility index (Phi) is 6.17. The molecule has 3 N–H and O–H groups in total. The minimum absolute atomic E-state index is 0.410. The van der Waals surface area contributed by atoms with E-state index in [1.54, 1.807) is 0 Å². The van der Waals surface area contributed by atoms with E-state index in [0.717, 1.165) is 72.7 Å². The average Bonchev–Trinajstić information content (AvgIpc) is 3.52. The van der Waals surface area contributed by atoms with E-state index < -0.39 is 0 Å². The van der Waals surface area contributed by atoms with E-state index in [-0.39, 0.29) is 0 Å². The fourth-order valence-electron chi connectivity index (χ4n) is 6.91. The van der Waals surface area contributed by atoms with Gasteiger partial charge in [0, 0.05) is 60.3 Å². The Morgan fingerprint density at radius 2 is 1.95 bits per heavy atom. The van der Waals surface area contributed by atoms with Gasteiger partial charge in [0.15, 0.2) is 0 Å². The van der Waals surface area contributed by atoms with Crippen LogP contribution in [0.25, 0.3) is 10.9 Å². The summed E-state index contributed by atoms with van der Waals surface area (Å²) >= 11 is 0. The molecule has 0 spiro atoms. The lowest BCUT2D eigenvalue weighted by Crippen LogP contribution is -2.52. The van der Waals surface area contributed by atoms with Gasteiger partial charge in [0.2, 0.25) is 0 Å². The highest BCUT2D eigenvalue weighted by atomic mass is 16.5. The first kappa shape index (κ1) is 24.4. The number of fused-ring (bicyclic) bond motifs is 4. The van der Waals surface area contributed by atoms with E-state index in [9.17, 15) is 0 Å². The summed E-state index contributed by atoms with van der Waals surface area (Å²) < 4.78 is 6.31. The third-order valence-electron chi connectivity index (χ3n) is 8.94. The van der Waals surface area contributed by atoms with Crippen molar-refractivity contribution in [2.24, 2.45) is 0 Å². The number of hydrogen-bond acceptors (Lipinski definition) is 9. The molecule has 9 heteroatoms. The Morgan fingerprint density at radius 3 is 2.72 bits per heavy atom. The van der Waals surface area contributed by atoms with E-state index in [1.807, 2.05) is 24.3 Å². The number of piperazine rings is 1. The van der Waals surface area contributed by atoms with Crippen LogP contribution in [-0.4, -0.2) is 77.8 Å². The fraction of sp³-hybridized carbons (Fsp3) is 0.500. The van der Waals surface area contributed by atoms with Crippen LogP contribution in [0.3, 0.4) is 0 Å². The van der Waals surface area contributed by atoms with Gasteiger partial charge in [-0.15, -0.1) is 6.42 Å². The van der Waals surface area contributed by atoms with Crippen molar-refractivity contribution < 1.29 is 4.74 Å². The molecule has 0 amide bonds. The minimum Gasteiger partial charge on any atom is -0.462 e. The number of ether oxygens (including phenoxy) is 1. The number of nitrogens with two attached hydrogens (primary N) is 1. The molecule has 0 radical (unpaired) electrons. The highest BCUT2D eigenvalue weighted by Crippen LogP contribution is 2.37. The van der Waals surface area contributed by atoms with E-state index in [2.05, 4.69) is 38.0 Å². The minimum atomic E-state index is 0.410. The summed E-state index contributed by atoms with van der Waals surface area (Å²) in [6.07, 6.45) is 11.6. The number of pyridine rings is 1. The van der Waals surface area contributed by atoms with Crippen molar-refractivity contribution in [1.82, 2.24) is 25.2 Å². The maximum Gasteiger partial charge on any atom is 0.318 e. The second-order valence-corrected chi connectivity index (χ2v) is 11.5. The van der Waals surface area contributed by atoms with Gasteiger partial charge in [-0.05, 0) is 57.8 Å².